The molecule has 178 valence electrons. The number of benzene rings is 1. The lowest BCUT2D eigenvalue weighted by atomic mass is 10.2. The molecule has 1 saturated heterocycles. The molecule has 32 heavy (non-hydrogen) atoms. The molecule has 2 N–H and O–H groups in total. The topological polar surface area (TPSA) is 104 Å². The number of carbonyl (C=O) groups is 2. The number of aryl methyl sites for hydroxylation is 2. The van der Waals surface area contributed by atoms with E-state index in [1.165, 1.54) is 10.5 Å². The Balaban J connectivity index is 0.000000471. The summed E-state index contributed by atoms with van der Waals surface area (Å²) >= 11 is 5.81. The lowest BCUT2D eigenvalue weighted by Crippen LogP contribution is -2.45. The minimum absolute atomic E-state index is 0.208. The van der Waals surface area contributed by atoms with E-state index in [0.29, 0.717) is 31.4 Å². The fourth-order valence-electron chi connectivity index (χ4n) is 3.21. The summed E-state index contributed by atoms with van der Waals surface area (Å²) in [5.41, 5.74) is 3.01. The number of hydrogen-bond acceptors (Lipinski definition) is 4. The van der Waals surface area contributed by atoms with Crippen LogP contribution in [0.3, 0.4) is 0 Å². The predicted molar refractivity (Wildman–Crippen MR) is 128 cm³/mol. The number of halogens is 1. The second-order valence-corrected chi connectivity index (χ2v) is 9.82. The largest absolute Gasteiger partial charge is 0.480 e. The van der Waals surface area contributed by atoms with Crippen LogP contribution in [0.2, 0.25) is 5.02 Å². The standard InChI is InChI=1S/C15H24N2O5S.C8H9Cl/c1-3-6-12(7-4-2)11-23(21,22)16-10-14(18)17-9-5-8-13(17)15(19)20;1-6-3-4-7(2)8(9)5-6/h3,6-7,13,16H,4-5,8-11H2,1-2H3,(H,19,20);3-5H,1-2H3/b6-3-,12-7+;/t13-;/m0./s1. The quantitative estimate of drug-likeness (QED) is 0.545. The molecule has 0 aliphatic carbocycles. The number of carbonyl (C=O) groups excluding carboxylic acids is 1. The average molecular weight is 485 g/mol. The summed E-state index contributed by atoms with van der Waals surface area (Å²) in [6, 6.07) is 5.20. The van der Waals surface area contributed by atoms with Crippen LogP contribution >= 0.6 is 11.6 Å². The van der Waals surface area contributed by atoms with Crippen LogP contribution in [0.25, 0.3) is 0 Å². The number of aliphatic carboxylic acids is 1. The molecule has 0 aromatic heterocycles. The fraction of sp³-hybridized carbons (Fsp3) is 0.478. The molecule has 0 saturated carbocycles. The van der Waals surface area contributed by atoms with E-state index >= 15 is 0 Å². The predicted octanol–water partition coefficient (Wildman–Crippen LogP) is 3.85. The molecule has 1 aliphatic heterocycles. The van der Waals surface area contributed by atoms with E-state index in [9.17, 15) is 18.0 Å². The van der Waals surface area contributed by atoms with Gasteiger partial charge in [0, 0.05) is 11.6 Å². The zero-order valence-electron chi connectivity index (χ0n) is 19.1. The summed E-state index contributed by atoms with van der Waals surface area (Å²) in [7, 11) is -3.65. The highest BCUT2D eigenvalue weighted by atomic mass is 35.5. The molecule has 1 aliphatic rings. The van der Waals surface area contributed by atoms with Gasteiger partial charge in [0.15, 0.2) is 0 Å². The molecule has 1 aromatic rings. The van der Waals surface area contributed by atoms with Crippen molar-refractivity contribution in [3.8, 4) is 0 Å². The molecular weight excluding hydrogens is 452 g/mol. The van der Waals surface area contributed by atoms with Crippen molar-refractivity contribution in [3.05, 3.63) is 58.1 Å². The van der Waals surface area contributed by atoms with Crippen molar-refractivity contribution in [2.24, 2.45) is 0 Å². The summed E-state index contributed by atoms with van der Waals surface area (Å²) in [6.45, 7) is 7.67. The van der Waals surface area contributed by atoms with E-state index in [2.05, 4.69) is 10.8 Å². The lowest BCUT2D eigenvalue weighted by molar-refractivity contribution is -0.147. The van der Waals surface area contributed by atoms with Crippen LogP contribution in [0, 0.1) is 13.8 Å². The molecule has 7 nitrogen and oxygen atoms in total. The van der Waals surface area contributed by atoms with Gasteiger partial charge < -0.3 is 10.0 Å². The molecule has 9 heteroatoms. The van der Waals surface area contributed by atoms with Crippen molar-refractivity contribution in [1.29, 1.82) is 0 Å². The van der Waals surface area contributed by atoms with Crippen LogP contribution < -0.4 is 4.72 Å². The van der Waals surface area contributed by atoms with E-state index < -0.39 is 34.5 Å². The highest BCUT2D eigenvalue weighted by molar-refractivity contribution is 7.89. The van der Waals surface area contributed by atoms with Crippen LogP contribution in [-0.2, 0) is 19.6 Å². The SMILES string of the molecule is C/C=C\C(=C/CC)CS(=O)(=O)NCC(=O)N1CCC[C@H]1C(=O)O.Cc1ccc(C)c(Cl)c1. The highest BCUT2D eigenvalue weighted by Gasteiger charge is 2.34. The highest BCUT2D eigenvalue weighted by Crippen LogP contribution is 2.17. The average Bonchev–Trinajstić information content (AvgIpc) is 3.20. The Morgan fingerprint density at radius 1 is 1.31 bits per heavy atom. The van der Waals surface area contributed by atoms with Gasteiger partial charge in [-0.3, -0.25) is 4.79 Å². The van der Waals surface area contributed by atoms with Crippen LogP contribution in [0.4, 0.5) is 0 Å². The van der Waals surface area contributed by atoms with Crippen LogP contribution in [-0.4, -0.2) is 55.2 Å². The Morgan fingerprint density at radius 3 is 2.53 bits per heavy atom. The van der Waals surface area contributed by atoms with Crippen molar-refractivity contribution in [2.75, 3.05) is 18.8 Å². The van der Waals surface area contributed by atoms with Gasteiger partial charge in [0.05, 0.1) is 12.3 Å². The summed E-state index contributed by atoms with van der Waals surface area (Å²) in [4.78, 5) is 24.3. The number of rotatable bonds is 8. The molecule has 1 aromatic carbocycles. The van der Waals surface area contributed by atoms with E-state index in [0.717, 1.165) is 10.6 Å². The van der Waals surface area contributed by atoms with Gasteiger partial charge in [0.2, 0.25) is 15.9 Å². The Bertz CT molecular complexity index is 957. The number of nitrogens with zero attached hydrogens (tertiary/aromatic N) is 1. The molecule has 2 rings (SSSR count). The van der Waals surface area contributed by atoms with Gasteiger partial charge >= 0.3 is 5.97 Å². The number of carboxylic acids is 1. The van der Waals surface area contributed by atoms with E-state index in [4.69, 9.17) is 16.7 Å². The van der Waals surface area contributed by atoms with Gasteiger partial charge in [-0.2, -0.15) is 0 Å². The van der Waals surface area contributed by atoms with Crippen LogP contribution in [0.5, 0.6) is 0 Å². The van der Waals surface area contributed by atoms with Crippen molar-refractivity contribution in [2.45, 2.75) is 53.0 Å². The van der Waals surface area contributed by atoms with E-state index in [-0.39, 0.29) is 5.75 Å². The maximum absolute atomic E-state index is 12.1. The zero-order chi connectivity index (χ0) is 24.3. The first-order valence-corrected chi connectivity index (χ1v) is 12.6. The number of sulfonamides is 1. The molecule has 1 fully saturated rings. The van der Waals surface area contributed by atoms with Crippen molar-refractivity contribution in [1.82, 2.24) is 9.62 Å². The Kier molecular flexibility index (Phi) is 11.7. The third-order valence-electron chi connectivity index (χ3n) is 4.83. The van der Waals surface area contributed by atoms with Crippen molar-refractivity contribution in [3.63, 3.8) is 0 Å². The monoisotopic (exact) mass is 484 g/mol. The second kappa shape index (κ2) is 13.4. The number of nitrogens with one attached hydrogen (secondary N) is 1. The third kappa shape index (κ3) is 9.54. The van der Waals surface area contributed by atoms with Crippen LogP contribution in [0.1, 0.15) is 44.2 Å². The molecule has 0 radical (unpaired) electrons. The van der Waals surface area contributed by atoms with Gasteiger partial charge in [-0.15, -0.1) is 0 Å². The number of carboxylic acid groups (broad SMARTS) is 1. The first kappa shape index (κ1) is 27.9. The third-order valence-corrected chi connectivity index (χ3v) is 6.54. The minimum Gasteiger partial charge on any atom is -0.480 e. The van der Waals surface area contributed by atoms with Gasteiger partial charge in [0.25, 0.3) is 0 Å². The first-order valence-electron chi connectivity index (χ1n) is 10.5. The van der Waals surface area contributed by atoms with Crippen molar-refractivity contribution >= 4 is 33.5 Å². The normalized spacial score (nSPS) is 16.7. The molecular formula is C23H33ClN2O5S. The number of likely N-dealkylation sites (tertiary alicyclic amines) is 1. The number of amides is 1. The smallest absolute Gasteiger partial charge is 0.326 e. The van der Waals surface area contributed by atoms with E-state index in [1.807, 2.05) is 39.0 Å². The maximum atomic E-state index is 12.1. The maximum Gasteiger partial charge on any atom is 0.326 e. The first-order chi connectivity index (χ1) is 15.0. The molecule has 0 unspecified atom stereocenters. The molecule has 1 heterocycles. The van der Waals surface area contributed by atoms with Gasteiger partial charge in [-0.05, 0) is 62.8 Å². The van der Waals surface area contributed by atoms with Gasteiger partial charge in [-0.1, -0.05) is 48.9 Å². The van der Waals surface area contributed by atoms with Gasteiger partial charge in [-0.25, -0.2) is 17.9 Å². The lowest BCUT2D eigenvalue weighted by Gasteiger charge is -2.21. The zero-order valence-corrected chi connectivity index (χ0v) is 20.7. The Hall–Kier alpha value is -2.16. The molecule has 1 amide bonds. The molecule has 0 bridgehead atoms. The van der Waals surface area contributed by atoms with E-state index in [1.54, 1.807) is 19.1 Å². The second-order valence-electron chi connectivity index (χ2n) is 7.60. The number of hydrogen-bond donors (Lipinski definition) is 2. The van der Waals surface area contributed by atoms with Crippen LogP contribution in [0.15, 0.2) is 42.0 Å². The summed E-state index contributed by atoms with van der Waals surface area (Å²) in [5, 5.41) is 9.91. The number of allylic oxidation sites excluding steroid dienone is 3. The summed E-state index contributed by atoms with van der Waals surface area (Å²) in [6.07, 6.45) is 7.00. The Labute approximate surface area is 196 Å². The molecule has 0 spiro atoms. The summed E-state index contributed by atoms with van der Waals surface area (Å²) in [5.74, 6) is -1.77. The minimum atomic E-state index is -3.65. The fourth-order valence-corrected chi connectivity index (χ4v) is 4.55. The van der Waals surface area contributed by atoms with Crippen molar-refractivity contribution < 1.29 is 23.1 Å². The molecule has 1 atom stereocenters. The summed E-state index contributed by atoms with van der Waals surface area (Å²) < 4.78 is 26.4. The van der Waals surface area contributed by atoms with Gasteiger partial charge in [0.1, 0.15) is 6.04 Å². The Morgan fingerprint density at radius 2 is 2.00 bits per heavy atom.